The van der Waals surface area contributed by atoms with Gasteiger partial charge in [0.25, 0.3) is 5.56 Å². The molecule has 0 radical (unpaired) electrons. The minimum absolute atomic E-state index is 0.161. The van der Waals surface area contributed by atoms with Crippen LogP contribution in [0.2, 0.25) is 0 Å². The summed E-state index contributed by atoms with van der Waals surface area (Å²) in [5.41, 5.74) is -0.391. The number of carbonyl (C=O) groups excluding carboxylic acids is 1. The maximum Gasteiger partial charge on any atom is 0.332 e. The number of methoxy groups -OCH3 is 1. The van der Waals surface area contributed by atoms with Gasteiger partial charge in [-0.15, -0.1) is 0 Å². The first kappa shape index (κ1) is 17.5. The highest BCUT2D eigenvalue weighted by Gasteiger charge is 2.19. The van der Waals surface area contributed by atoms with Gasteiger partial charge in [-0.25, -0.2) is 14.3 Å². The molecule has 9 heteroatoms. The van der Waals surface area contributed by atoms with Crippen molar-refractivity contribution in [3.63, 3.8) is 0 Å². The molecule has 0 aliphatic heterocycles. The van der Waals surface area contributed by atoms with Crippen molar-refractivity contribution in [2.45, 2.75) is 20.0 Å². The van der Waals surface area contributed by atoms with Crippen molar-refractivity contribution in [1.29, 1.82) is 0 Å². The summed E-state index contributed by atoms with van der Waals surface area (Å²) in [5.74, 6) is 0.415. The van der Waals surface area contributed by atoms with E-state index in [2.05, 4.69) is 10.3 Å². The molecule has 1 N–H and O–H groups in total. The molecule has 0 aromatic carbocycles. The number of nitrogens with zero attached hydrogens (tertiary/aromatic N) is 3. The predicted octanol–water partition coefficient (Wildman–Crippen LogP) is 0.322. The number of pyridine rings is 1. The molecule has 136 valence electrons. The molecule has 0 saturated carbocycles. The van der Waals surface area contributed by atoms with Crippen molar-refractivity contribution in [3.05, 3.63) is 56.8 Å². The van der Waals surface area contributed by atoms with E-state index in [0.29, 0.717) is 17.1 Å². The highest BCUT2D eigenvalue weighted by molar-refractivity contribution is 5.83. The Morgan fingerprint density at radius 1 is 1.38 bits per heavy atom. The van der Waals surface area contributed by atoms with E-state index in [1.807, 2.05) is 0 Å². The number of rotatable bonds is 5. The minimum atomic E-state index is -0.631. The SMILES string of the molecule is COc1c(C)cnc2c1c(=O)n(CC(=O)NCc1ccco1)c(=O)n2C. The van der Waals surface area contributed by atoms with Crippen LogP contribution in [-0.2, 0) is 24.9 Å². The second kappa shape index (κ2) is 6.87. The van der Waals surface area contributed by atoms with E-state index in [0.717, 1.165) is 4.57 Å². The van der Waals surface area contributed by atoms with Gasteiger partial charge in [0.2, 0.25) is 5.91 Å². The third-order valence-corrected chi connectivity index (χ3v) is 4.03. The molecule has 0 atom stereocenters. The number of hydrogen-bond acceptors (Lipinski definition) is 6. The molecule has 0 saturated heterocycles. The summed E-state index contributed by atoms with van der Waals surface area (Å²) in [6.45, 7) is 1.49. The maximum absolute atomic E-state index is 12.8. The molecule has 0 unspecified atom stereocenters. The van der Waals surface area contributed by atoms with Crippen LogP contribution in [0.1, 0.15) is 11.3 Å². The second-order valence-corrected chi connectivity index (χ2v) is 5.76. The van der Waals surface area contributed by atoms with Gasteiger partial charge in [0.15, 0.2) is 5.65 Å². The maximum atomic E-state index is 12.8. The normalized spacial score (nSPS) is 10.9. The highest BCUT2D eigenvalue weighted by atomic mass is 16.5. The van der Waals surface area contributed by atoms with E-state index in [1.165, 1.54) is 31.2 Å². The summed E-state index contributed by atoms with van der Waals surface area (Å²) >= 11 is 0. The molecule has 0 aliphatic carbocycles. The Morgan fingerprint density at radius 2 is 2.15 bits per heavy atom. The molecule has 3 heterocycles. The lowest BCUT2D eigenvalue weighted by Crippen LogP contribution is -2.43. The summed E-state index contributed by atoms with van der Waals surface area (Å²) in [7, 11) is 2.93. The van der Waals surface area contributed by atoms with Crippen molar-refractivity contribution in [2.75, 3.05) is 7.11 Å². The van der Waals surface area contributed by atoms with Gasteiger partial charge in [-0.1, -0.05) is 0 Å². The van der Waals surface area contributed by atoms with Crippen molar-refractivity contribution in [1.82, 2.24) is 19.4 Å². The minimum Gasteiger partial charge on any atom is -0.495 e. The largest absolute Gasteiger partial charge is 0.495 e. The number of amides is 1. The third-order valence-electron chi connectivity index (χ3n) is 4.03. The van der Waals surface area contributed by atoms with Gasteiger partial charge in [-0.3, -0.25) is 14.2 Å². The van der Waals surface area contributed by atoms with E-state index in [1.54, 1.807) is 19.1 Å². The van der Waals surface area contributed by atoms with Crippen LogP contribution in [0.25, 0.3) is 11.0 Å². The lowest BCUT2D eigenvalue weighted by molar-refractivity contribution is -0.122. The lowest BCUT2D eigenvalue weighted by Gasteiger charge is -2.13. The quantitative estimate of drug-likeness (QED) is 0.704. The van der Waals surface area contributed by atoms with Crippen molar-refractivity contribution >= 4 is 16.9 Å². The zero-order chi connectivity index (χ0) is 18.8. The smallest absolute Gasteiger partial charge is 0.332 e. The molecular weight excluding hydrogens is 340 g/mol. The summed E-state index contributed by atoms with van der Waals surface area (Å²) in [5, 5.41) is 2.77. The number of furan rings is 1. The van der Waals surface area contributed by atoms with Crippen LogP contribution in [0, 0.1) is 6.92 Å². The number of fused-ring (bicyclic) bond motifs is 1. The van der Waals surface area contributed by atoms with Crippen LogP contribution in [0.15, 0.2) is 38.6 Å². The zero-order valence-electron chi connectivity index (χ0n) is 14.6. The molecule has 1 amide bonds. The van der Waals surface area contributed by atoms with E-state index in [9.17, 15) is 14.4 Å². The Hall–Kier alpha value is -3.36. The average Bonchev–Trinajstić information content (AvgIpc) is 3.15. The molecule has 26 heavy (non-hydrogen) atoms. The number of aromatic nitrogens is 3. The standard InChI is InChI=1S/C17H18N4O5/c1-10-7-19-15-13(14(10)25-3)16(23)21(17(24)20(15)2)9-12(22)18-8-11-5-4-6-26-11/h4-7H,8-9H2,1-3H3,(H,18,22). The molecule has 0 aliphatic rings. The summed E-state index contributed by atoms with van der Waals surface area (Å²) in [6.07, 6.45) is 3.02. The van der Waals surface area contributed by atoms with Gasteiger partial charge >= 0.3 is 5.69 Å². The highest BCUT2D eigenvalue weighted by Crippen LogP contribution is 2.23. The number of carbonyl (C=O) groups is 1. The van der Waals surface area contributed by atoms with Crippen LogP contribution < -0.4 is 21.3 Å². The Balaban J connectivity index is 2.01. The van der Waals surface area contributed by atoms with Gasteiger partial charge < -0.3 is 14.5 Å². The Labute approximate surface area is 147 Å². The summed E-state index contributed by atoms with van der Waals surface area (Å²) < 4.78 is 12.5. The van der Waals surface area contributed by atoms with Gasteiger partial charge in [-0.05, 0) is 19.1 Å². The second-order valence-electron chi connectivity index (χ2n) is 5.76. The molecule has 3 aromatic rings. The molecule has 0 spiro atoms. The summed E-state index contributed by atoms with van der Waals surface area (Å²) in [4.78, 5) is 41.7. The fourth-order valence-electron chi connectivity index (χ4n) is 2.72. The van der Waals surface area contributed by atoms with Crippen molar-refractivity contribution in [3.8, 4) is 5.75 Å². The summed E-state index contributed by atoms with van der Waals surface area (Å²) in [6, 6.07) is 3.41. The number of nitrogens with one attached hydrogen (secondary N) is 1. The molecule has 3 rings (SSSR count). The Morgan fingerprint density at radius 3 is 2.81 bits per heavy atom. The molecule has 0 bridgehead atoms. The van der Waals surface area contributed by atoms with Gasteiger partial charge in [0, 0.05) is 18.8 Å². The third kappa shape index (κ3) is 2.99. The van der Waals surface area contributed by atoms with Crippen molar-refractivity contribution < 1.29 is 13.9 Å². The average molecular weight is 358 g/mol. The zero-order valence-corrected chi connectivity index (χ0v) is 14.6. The molecule has 9 nitrogen and oxygen atoms in total. The Kier molecular flexibility index (Phi) is 4.61. The number of aryl methyl sites for hydroxylation is 2. The van der Waals surface area contributed by atoms with Gasteiger partial charge in [0.05, 0.1) is 19.9 Å². The fourth-order valence-corrected chi connectivity index (χ4v) is 2.72. The first-order valence-electron chi connectivity index (χ1n) is 7.86. The molecule has 3 aromatic heterocycles. The van der Waals surface area contributed by atoms with Crippen LogP contribution >= 0.6 is 0 Å². The van der Waals surface area contributed by atoms with Gasteiger partial charge in [0.1, 0.15) is 23.4 Å². The fraction of sp³-hybridized carbons (Fsp3) is 0.294. The van der Waals surface area contributed by atoms with Gasteiger partial charge in [-0.2, -0.15) is 0 Å². The topological polar surface area (TPSA) is 108 Å². The monoisotopic (exact) mass is 358 g/mol. The Bertz CT molecular complexity index is 1080. The predicted molar refractivity (Wildman–Crippen MR) is 93.1 cm³/mol. The number of ether oxygens (including phenoxy) is 1. The van der Waals surface area contributed by atoms with Crippen molar-refractivity contribution in [2.24, 2.45) is 7.05 Å². The van der Waals surface area contributed by atoms with E-state index < -0.39 is 23.7 Å². The van der Waals surface area contributed by atoms with E-state index in [4.69, 9.17) is 9.15 Å². The van der Waals surface area contributed by atoms with E-state index in [-0.39, 0.29) is 17.6 Å². The first-order chi connectivity index (χ1) is 12.4. The van der Waals surface area contributed by atoms with Crippen LogP contribution in [0.4, 0.5) is 0 Å². The molecule has 0 fully saturated rings. The lowest BCUT2D eigenvalue weighted by atomic mass is 10.2. The van der Waals surface area contributed by atoms with E-state index >= 15 is 0 Å². The first-order valence-corrected chi connectivity index (χ1v) is 7.86. The van der Waals surface area contributed by atoms with Crippen LogP contribution in [0.3, 0.4) is 0 Å². The van der Waals surface area contributed by atoms with Crippen LogP contribution in [0.5, 0.6) is 5.75 Å². The number of hydrogen-bond donors (Lipinski definition) is 1. The molecular formula is C17H18N4O5. The van der Waals surface area contributed by atoms with Crippen LogP contribution in [-0.4, -0.2) is 27.1 Å².